The lowest BCUT2D eigenvalue weighted by molar-refractivity contribution is -0.140. The summed E-state index contributed by atoms with van der Waals surface area (Å²) in [5.41, 5.74) is -0.103. The molecule has 0 aliphatic carbocycles. The second kappa shape index (κ2) is 8.82. The summed E-state index contributed by atoms with van der Waals surface area (Å²) < 4.78 is 47.3. The summed E-state index contributed by atoms with van der Waals surface area (Å²) in [6.07, 6.45) is 0. The number of Topliss-reactive ketones (excluding diaryl/α,β-unsaturated/α-hetero) is 1. The molecule has 1 N–H and O–H groups in total. The third kappa shape index (κ3) is 4.07. The number of nitrogens with zero attached hydrogens (tertiary/aromatic N) is 1. The van der Waals surface area contributed by atoms with E-state index in [4.69, 9.17) is 4.74 Å². The Morgan fingerprint density at radius 2 is 1.64 bits per heavy atom. The number of amides is 1. The van der Waals surface area contributed by atoms with Crippen LogP contribution in [-0.4, -0.2) is 28.8 Å². The molecule has 1 unspecified atom stereocenters. The van der Waals surface area contributed by atoms with E-state index in [-0.39, 0.29) is 23.4 Å². The maximum atomic E-state index is 14.8. The number of ether oxygens (including phenoxy) is 1. The molecule has 4 rings (SSSR count). The van der Waals surface area contributed by atoms with Gasteiger partial charge in [0, 0.05) is 12.1 Å². The predicted molar refractivity (Wildman–Crippen MR) is 114 cm³/mol. The van der Waals surface area contributed by atoms with E-state index in [2.05, 4.69) is 0 Å². The minimum absolute atomic E-state index is 0.0317. The number of ketones is 1. The Hall–Kier alpha value is -4.07. The Kier molecular flexibility index (Phi) is 5.91. The Morgan fingerprint density at radius 3 is 2.30 bits per heavy atom. The van der Waals surface area contributed by atoms with Crippen molar-refractivity contribution >= 4 is 17.4 Å². The van der Waals surface area contributed by atoms with Crippen LogP contribution >= 0.6 is 0 Å². The minimum atomic E-state index is -1.30. The van der Waals surface area contributed by atoms with Gasteiger partial charge in [0.1, 0.15) is 29.0 Å². The summed E-state index contributed by atoms with van der Waals surface area (Å²) in [7, 11) is 1.30. The predicted octanol–water partition coefficient (Wildman–Crippen LogP) is 4.73. The van der Waals surface area contributed by atoms with Gasteiger partial charge in [-0.05, 0) is 42.0 Å². The molecule has 8 heteroatoms. The minimum Gasteiger partial charge on any atom is -0.507 e. The van der Waals surface area contributed by atoms with Crippen LogP contribution in [0.3, 0.4) is 0 Å². The van der Waals surface area contributed by atoms with Crippen LogP contribution in [0.1, 0.15) is 22.7 Å². The number of likely N-dealkylation sites (tertiary alicyclic amines) is 1. The van der Waals surface area contributed by atoms with Crippen LogP contribution < -0.4 is 4.74 Å². The average molecular weight is 453 g/mol. The van der Waals surface area contributed by atoms with Crippen molar-refractivity contribution in [2.45, 2.75) is 12.6 Å². The van der Waals surface area contributed by atoms with Crippen molar-refractivity contribution in [3.05, 3.63) is 106 Å². The fourth-order valence-electron chi connectivity index (χ4n) is 3.86. The maximum Gasteiger partial charge on any atom is 0.295 e. The molecule has 1 aliphatic heterocycles. The van der Waals surface area contributed by atoms with Gasteiger partial charge in [0.15, 0.2) is 0 Å². The topological polar surface area (TPSA) is 66.8 Å². The van der Waals surface area contributed by atoms with Gasteiger partial charge in [-0.1, -0.05) is 30.3 Å². The van der Waals surface area contributed by atoms with Gasteiger partial charge in [-0.3, -0.25) is 9.59 Å². The van der Waals surface area contributed by atoms with Gasteiger partial charge >= 0.3 is 0 Å². The van der Waals surface area contributed by atoms with Crippen LogP contribution in [0.2, 0.25) is 0 Å². The monoisotopic (exact) mass is 453 g/mol. The van der Waals surface area contributed by atoms with E-state index in [0.717, 1.165) is 23.1 Å². The van der Waals surface area contributed by atoms with Crippen molar-refractivity contribution in [1.29, 1.82) is 0 Å². The Balaban J connectivity index is 1.92. The van der Waals surface area contributed by atoms with Gasteiger partial charge in [0.2, 0.25) is 0 Å². The number of benzene rings is 3. The molecule has 1 saturated heterocycles. The molecule has 0 saturated carbocycles. The highest BCUT2D eigenvalue weighted by Gasteiger charge is 2.47. The number of aliphatic hydroxyl groups excluding tert-OH is 1. The first-order valence-corrected chi connectivity index (χ1v) is 9.93. The molecule has 3 aromatic carbocycles. The maximum absolute atomic E-state index is 14.8. The van der Waals surface area contributed by atoms with Gasteiger partial charge < -0.3 is 14.7 Å². The standard InChI is InChI=1S/C25H18F3NO4/c1-33-20-11-10-16(27)12-18(20)23(30)21-22(17-4-2-3-5-19(17)28)29(25(32)24(21)31)13-14-6-8-15(26)9-7-14/h2-12,22,30H,13H2,1H3/b23-21+. The lowest BCUT2D eigenvalue weighted by Crippen LogP contribution is -2.29. The second-order valence-electron chi connectivity index (χ2n) is 7.42. The fourth-order valence-corrected chi connectivity index (χ4v) is 3.86. The highest BCUT2D eigenvalue weighted by atomic mass is 19.1. The summed E-state index contributed by atoms with van der Waals surface area (Å²) in [4.78, 5) is 27.1. The highest BCUT2D eigenvalue weighted by molar-refractivity contribution is 6.46. The Morgan fingerprint density at radius 1 is 0.970 bits per heavy atom. The average Bonchev–Trinajstić information content (AvgIpc) is 3.05. The smallest absolute Gasteiger partial charge is 0.295 e. The highest BCUT2D eigenvalue weighted by Crippen LogP contribution is 2.42. The zero-order valence-corrected chi connectivity index (χ0v) is 17.4. The number of aliphatic hydroxyl groups is 1. The van der Waals surface area contributed by atoms with Crippen LogP contribution in [0, 0.1) is 17.5 Å². The van der Waals surface area contributed by atoms with Gasteiger partial charge in [0.25, 0.3) is 11.7 Å². The first-order valence-electron chi connectivity index (χ1n) is 9.93. The van der Waals surface area contributed by atoms with E-state index in [1.165, 1.54) is 55.6 Å². The fraction of sp³-hybridized carbons (Fsp3) is 0.120. The molecule has 1 fully saturated rings. The molecule has 1 atom stereocenters. The molecule has 1 amide bonds. The lowest BCUT2D eigenvalue weighted by Gasteiger charge is -2.26. The molecular weight excluding hydrogens is 435 g/mol. The van der Waals surface area contributed by atoms with Gasteiger partial charge in [-0.2, -0.15) is 0 Å². The first kappa shape index (κ1) is 22.1. The Labute approximate surface area is 187 Å². The molecule has 0 spiro atoms. The Bertz CT molecular complexity index is 1270. The summed E-state index contributed by atoms with van der Waals surface area (Å²) >= 11 is 0. The number of hydrogen-bond acceptors (Lipinski definition) is 4. The molecule has 168 valence electrons. The molecule has 0 radical (unpaired) electrons. The van der Waals surface area contributed by atoms with Gasteiger partial charge in [0.05, 0.1) is 24.3 Å². The van der Waals surface area contributed by atoms with Crippen LogP contribution in [0.5, 0.6) is 5.75 Å². The van der Waals surface area contributed by atoms with Crippen LogP contribution in [-0.2, 0) is 16.1 Å². The van der Waals surface area contributed by atoms with Gasteiger partial charge in [-0.15, -0.1) is 0 Å². The molecular formula is C25H18F3NO4. The third-order valence-electron chi connectivity index (χ3n) is 5.42. The molecule has 33 heavy (non-hydrogen) atoms. The zero-order chi connectivity index (χ0) is 23.7. The summed E-state index contributed by atoms with van der Waals surface area (Å²) in [5.74, 6) is -4.57. The SMILES string of the molecule is COc1ccc(F)cc1/C(O)=C1\C(=O)C(=O)N(Cc2ccc(F)cc2)C1c1ccccc1F. The molecule has 1 aliphatic rings. The van der Waals surface area contributed by atoms with E-state index < -0.39 is 46.5 Å². The number of carbonyl (C=O) groups excluding carboxylic acids is 2. The van der Waals surface area contributed by atoms with E-state index in [9.17, 15) is 27.9 Å². The molecule has 3 aromatic rings. The summed E-state index contributed by atoms with van der Waals surface area (Å²) in [6.45, 7) is -0.152. The number of hydrogen-bond donors (Lipinski definition) is 1. The lowest BCUT2D eigenvalue weighted by atomic mass is 9.94. The van der Waals surface area contributed by atoms with Crippen molar-refractivity contribution < 1.29 is 32.6 Å². The molecule has 0 bridgehead atoms. The number of carbonyl (C=O) groups is 2. The number of halogens is 3. The normalized spacial score (nSPS) is 17.5. The second-order valence-corrected chi connectivity index (χ2v) is 7.42. The van der Waals surface area contributed by atoms with Crippen LogP contribution in [0.4, 0.5) is 13.2 Å². The molecule has 0 aromatic heterocycles. The van der Waals surface area contributed by atoms with Crippen molar-refractivity contribution in [2.24, 2.45) is 0 Å². The van der Waals surface area contributed by atoms with E-state index in [1.54, 1.807) is 0 Å². The molecule has 5 nitrogen and oxygen atoms in total. The van der Waals surface area contributed by atoms with Crippen molar-refractivity contribution in [2.75, 3.05) is 7.11 Å². The first-order chi connectivity index (χ1) is 15.8. The quantitative estimate of drug-likeness (QED) is 0.345. The van der Waals surface area contributed by atoms with Gasteiger partial charge in [-0.25, -0.2) is 13.2 Å². The summed E-state index contributed by atoms with van der Waals surface area (Å²) in [5, 5.41) is 11.0. The van der Waals surface area contributed by atoms with Crippen molar-refractivity contribution in [3.8, 4) is 5.75 Å². The van der Waals surface area contributed by atoms with Crippen molar-refractivity contribution in [3.63, 3.8) is 0 Å². The van der Waals surface area contributed by atoms with Crippen LogP contribution in [0.15, 0.2) is 72.3 Å². The van der Waals surface area contributed by atoms with E-state index in [1.807, 2.05) is 0 Å². The number of rotatable bonds is 5. The van der Waals surface area contributed by atoms with E-state index >= 15 is 0 Å². The van der Waals surface area contributed by atoms with Crippen molar-refractivity contribution in [1.82, 2.24) is 4.90 Å². The summed E-state index contributed by atoms with van der Waals surface area (Å²) in [6, 6.07) is 12.8. The number of methoxy groups -OCH3 is 1. The zero-order valence-electron chi connectivity index (χ0n) is 17.4. The van der Waals surface area contributed by atoms with Crippen LogP contribution in [0.25, 0.3) is 5.76 Å². The third-order valence-corrected chi connectivity index (χ3v) is 5.42. The molecule has 1 heterocycles. The van der Waals surface area contributed by atoms with E-state index in [0.29, 0.717) is 5.56 Å². The largest absolute Gasteiger partial charge is 0.507 e.